The number of rotatable bonds is 5. The summed E-state index contributed by atoms with van der Waals surface area (Å²) in [4.78, 5) is 6.69. The average Bonchev–Trinajstić information content (AvgIpc) is 3.14. The molecule has 112 valence electrons. The van der Waals surface area contributed by atoms with Crippen molar-refractivity contribution in [1.29, 1.82) is 0 Å². The van der Waals surface area contributed by atoms with Gasteiger partial charge in [0.05, 0.1) is 7.11 Å². The third kappa shape index (κ3) is 3.33. The van der Waals surface area contributed by atoms with E-state index in [0.29, 0.717) is 0 Å². The van der Waals surface area contributed by atoms with Gasteiger partial charge >= 0.3 is 0 Å². The summed E-state index contributed by atoms with van der Waals surface area (Å²) in [6.07, 6.45) is 2.78. The van der Waals surface area contributed by atoms with Crippen LogP contribution >= 0.6 is 0 Å². The van der Waals surface area contributed by atoms with Crippen LogP contribution in [0.5, 0.6) is 5.75 Å². The fraction of sp³-hybridized carbons (Fsp3) is 0.467. The fourth-order valence-electron chi connectivity index (χ4n) is 2.56. The van der Waals surface area contributed by atoms with Gasteiger partial charge in [-0.2, -0.15) is 4.98 Å². The van der Waals surface area contributed by atoms with Crippen molar-refractivity contribution in [2.24, 2.45) is 5.73 Å². The summed E-state index contributed by atoms with van der Waals surface area (Å²) in [7, 11) is 1.68. The molecule has 1 aromatic carbocycles. The van der Waals surface area contributed by atoms with Crippen LogP contribution in [0, 0.1) is 0 Å². The molecule has 0 bridgehead atoms. The van der Waals surface area contributed by atoms with Crippen LogP contribution in [0.1, 0.15) is 17.8 Å². The lowest BCUT2D eigenvalue weighted by Gasteiger charge is -2.11. The highest BCUT2D eigenvalue weighted by Crippen LogP contribution is 2.16. The molecule has 21 heavy (non-hydrogen) atoms. The Hall–Kier alpha value is -2.08. The average molecular weight is 287 g/mol. The van der Waals surface area contributed by atoms with Crippen LogP contribution in [0.3, 0.4) is 0 Å². The van der Waals surface area contributed by atoms with Crippen molar-refractivity contribution in [3.8, 4) is 5.75 Å². The Morgan fingerprint density at radius 1 is 1.33 bits per heavy atom. The van der Waals surface area contributed by atoms with Crippen molar-refractivity contribution in [3.63, 3.8) is 0 Å². The van der Waals surface area contributed by atoms with Crippen molar-refractivity contribution >= 4 is 5.95 Å². The molecule has 6 heteroatoms. The number of hydrogen-bond donors (Lipinski definition) is 2. The van der Waals surface area contributed by atoms with Gasteiger partial charge in [0.2, 0.25) is 5.95 Å². The molecule has 0 radical (unpaired) electrons. The Morgan fingerprint density at radius 2 is 2.14 bits per heavy atom. The van der Waals surface area contributed by atoms with Gasteiger partial charge in [0, 0.05) is 25.6 Å². The predicted octanol–water partition coefficient (Wildman–Crippen LogP) is 1.14. The Bertz CT molecular complexity index is 580. The minimum Gasteiger partial charge on any atom is -0.497 e. The van der Waals surface area contributed by atoms with Crippen molar-refractivity contribution in [3.05, 3.63) is 35.7 Å². The highest BCUT2D eigenvalue weighted by molar-refractivity contribution is 5.31. The van der Waals surface area contributed by atoms with Crippen molar-refractivity contribution in [2.75, 3.05) is 25.1 Å². The topological polar surface area (TPSA) is 80.1 Å². The first kappa shape index (κ1) is 13.9. The van der Waals surface area contributed by atoms with Gasteiger partial charge in [-0.05, 0) is 30.5 Å². The highest BCUT2D eigenvalue weighted by atomic mass is 16.5. The number of methoxy groups -OCH3 is 1. The quantitative estimate of drug-likeness (QED) is 0.862. The van der Waals surface area contributed by atoms with Gasteiger partial charge in [0.15, 0.2) is 0 Å². The van der Waals surface area contributed by atoms with Crippen LogP contribution in [-0.4, -0.2) is 41.4 Å². The van der Waals surface area contributed by atoms with E-state index in [1.165, 1.54) is 5.56 Å². The Labute approximate surface area is 124 Å². The molecule has 1 aliphatic heterocycles. The van der Waals surface area contributed by atoms with Gasteiger partial charge in [0.1, 0.15) is 11.6 Å². The molecule has 1 unspecified atom stereocenters. The van der Waals surface area contributed by atoms with E-state index in [9.17, 15) is 0 Å². The Balaban J connectivity index is 1.56. The predicted molar refractivity (Wildman–Crippen MR) is 81.6 cm³/mol. The lowest BCUT2D eigenvalue weighted by molar-refractivity contribution is 0.414. The number of hydrogen-bond acceptors (Lipinski definition) is 5. The SMILES string of the molecule is COc1ccc(CCc2nc(N3CCC(N)C3)n[nH]2)cc1. The zero-order valence-electron chi connectivity index (χ0n) is 12.2. The zero-order chi connectivity index (χ0) is 14.7. The van der Waals surface area contributed by atoms with E-state index in [4.69, 9.17) is 10.5 Å². The number of nitrogens with zero attached hydrogens (tertiary/aromatic N) is 3. The van der Waals surface area contributed by atoms with Crippen LogP contribution in [0.4, 0.5) is 5.95 Å². The number of nitrogens with one attached hydrogen (secondary N) is 1. The van der Waals surface area contributed by atoms with E-state index in [1.807, 2.05) is 12.1 Å². The van der Waals surface area contributed by atoms with Gasteiger partial charge in [-0.3, -0.25) is 5.10 Å². The number of anilines is 1. The first-order valence-electron chi connectivity index (χ1n) is 7.29. The molecule has 1 atom stereocenters. The number of ether oxygens (including phenoxy) is 1. The zero-order valence-corrected chi connectivity index (χ0v) is 12.2. The monoisotopic (exact) mass is 287 g/mol. The number of benzene rings is 1. The Morgan fingerprint density at radius 3 is 2.81 bits per heavy atom. The molecule has 2 heterocycles. The number of H-pyrrole nitrogens is 1. The summed E-state index contributed by atoms with van der Waals surface area (Å²) in [6.45, 7) is 1.78. The van der Waals surface area contributed by atoms with Crippen LogP contribution in [0.15, 0.2) is 24.3 Å². The standard InChI is InChI=1S/C15H21N5O/c1-21-13-5-2-11(3-6-13)4-7-14-17-15(19-18-14)20-9-8-12(16)10-20/h2-3,5-6,12H,4,7-10,16H2,1H3,(H,17,18,19). The van der Waals surface area contributed by atoms with Gasteiger partial charge in [-0.15, -0.1) is 5.10 Å². The van der Waals surface area contributed by atoms with E-state index in [-0.39, 0.29) is 6.04 Å². The highest BCUT2D eigenvalue weighted by Gasteiger charge is 2.22. The second kappa shape index (κ2) is 6.13. The second-order valence-corrected chi connectivity index (χ2v) is 5.42. The smallest absolute Gasteiger partial charge is 0.244 e. The molecule has 6 nitrogen and oxygen atoms in total. The summed E-state index contributed by atoms with van der Waals surface area (Å²) in [6, 6.07) is 8.36. The summed E-state index contributed by atoms with van der Waals surface area (Å²) in [5.41, 5.74) is 7.17. The number of nitrogens with two attached hydrogens (primary N) is 1. The lowest BCUT2D eigenvalue weighted by Crippen LogP contribution is -2.27. The molecule has 1 saturated heterocycles. The minimum absolute atomic E-state index is 0.242. The fourth-order valence-corrected chi connectivity index (χ4v) is 2.56. The molecule has 1 aliphatic rings. The van der Waals surface area contributed by atoms with Crippen molar-refractivity contribution in [1.82, 2.24) is 15.2 Å². The minimum atomic E-state index is 0.242. The lowest BCUT2D eigenvalue weighted by atomic mass is 10.1. The first-order chi connectivity index (χ1) is 10.2. The molecule has 1 fully saturated rings. The van der Waals surface area contributed by atoms with Gasteiger partial charge in [-0.25, -0.2) is 0 Å². The molecule has 2 aromatic rings. The van der Waals surface area contributed by atoms with E-state index in [1.54, 1.807) is 7.11 Å². The summed E-state index contributed by atoms with van der Waals surface area (Å²) < 4.78 is 5.16. The molecule has 1 aromatic heterocycles. The number of aromatic amines is 1. The van der Waals surface area contributed by atoms with Crippen LogP contribution < -0.4 is 15.4 Å². The van der Waals surface area contributed by atoms with Crippen LogP contribution in [-0.2, 0) is 12.8 Å². The third-order valence-corrected chi connectivity index (χ3v) is 3.84. The maximum atomic E-state index is 5.91. The molecular formula is C15H21N5O. The van der Waals surface area contributed by atoms with Gasteiger partial charge in [0.25, 0.3) is 0 Å². The second-order valence-electron chi connectivity index (χ2n) is 5.42. The third-order valence-electron chi connectivity index (χ3n) is 3.84. The maximum absolute atomic E-state index is 5.91. The van der Waals surface area contributed by atoms with Crippen LogP contribution in [0.25, 0.3) is 0 Å². The summed E-state index contributed by atoms with van der Waals surface area (Å²) >= 11 is 0. The normalized spacial score (nSPS) is 18.2. The molecule has 3 rings (SSSR count). The van der Waals surface area contributed by atoms with E-state index in [0.717, 1.165) is 49.9 Å². The first-order valence-corrected chi connectivity index (χ1v) is 7.29. The van der Waals surface area contributed by atoms with Gasteiger partial charge < -0.3 is 15.4 Å². The molecule has 0 spiro atoms. The van der Waals surface area contributed by atoms with Gasteiger partial charge in [-0.1, -0.05) is 12.1 Å². The molecule has 0 amide bonds. The summed E-state index contributed by atoms with van der Waals surface area (Å²) in [5.74, 6) is 2.57. The maximum Gasteiger partial charge on any atom is 0.244 e. The van der Waals surface area contributed by atoms with Crippen molar-refractivity contribution < 1.29 is 4.74 Å². The van der Waals surface area contributed by atoms with E-state index >= 15 is 0 Å². The summed E-state index contributed by atoms with van der Waals surface area (Å²) in [5, 5.41) is 7.31. The molecular weight excluding hydrogens is 266 g/mol. The van der Waals surface area contributed by atoms with Crippen molar-refractivity contribution in [2.45, 2.75) is 25.3 Å². The number of aromatic nitrogens is 3. The molecule has 3 N–H and O–H groups in total. The molecule has 0 aliphatic carbocycles. The number of aryl methyl sites for hydroxylation is 2. The van der Waals surface area contributed by atoms with E-state index < -0.39 is 0 Å². The Kier molecular flexibility index (Phi) is 4.06. The largest absolute Gasteiger partial charge is 0.497 e. The van der Waals surface area contributed by atoms with E-state index in [2.05, 4.69) is 32.2 Å². The van der Waals surface area contributed by atoms with Crippen LogP contribution in [0.2, 0.25) is 0 Å². The molecule has 0 saturated carbocycles.